The molecule has 2 aliphatic heterocycles. The van der Waals surface area contributed by atoms with E-state index in [1.807, 2.05) is 0 Å². The van der Waals surface area contributed by atoms with Crippen molar-refractivity contribution in [2.45, 2.75) is 5.54 Å². The van der Waals surface area contributed by atoms with Crippen LogP contribution in [0, 0.1) is 11.7 Å². The minimum Gasteiger partial charge on any atom is -0.379 e. The Hall–Kier alpha value is -0.490. The Morgan fingerprint density at radius 1 is 1.44 bits per heavy atom. The molecule has 0 bridgehead atoms. The first-order valence-corrected chi connectivity index (χ1v) is 5.94. The molecular weight excluding hydrogens is 277 g/mol. The van der Waals surface area contributed by atoms with Gasteiger partial charge in [-0.25, -0.2) is 4.39 Å². The minimum absolute atomic E-state index is 0.177. The Balaban J connectivity index is 2.11. The summed E-state index contributed by atoms with van der Waals surface area (Å²) in [5.41, 5.74) is 3.02. The number of hydrogen-bond acceptors (Lipinski definition) is 3. The van der Waals surface area contributed by atoms with Gasteiger partial charge in [-0.15, -0.1) is 0 Å². The van der Waals surface area contributed by atoms with Crippen molar-refractivity contribution >= 4 is 15.9 Å². The molecule has 1 aromatic rings. The molecule has 2 fully saturated rings. The molecule has 3 rings (SSSR count). The van der Waals surface area contributed by atoms with Crippen molar-refractivity contribution in [1.29, 1.82) is 0 Å². The summed E-state index contributed by atoms with van der Waals surface area (Å²) >= 11 is 3.36. The summed E-state index contributed by atoms with van der Waals surface area (Å²) in [6.45, 7) is 1.62. The molecule has 2 aliphatic rings. The van der Waals surface area contributed by atoms with Crippen molar-refractivity contribution in [2.24, 2.45) is 5.92 Å². The molecule has 0 aromatic heterocycles. The summed E-state index contributed by atoms with van der Waals surface area (Å²) in [6.07, 6.45) is 0. The zero-order valence-corrected chi connectivity index (χ0v) is 10.1. The highest BCUT2D eigenvalue weighted by atomic mass is 79.9. The number of hydroxylamine groups is 1. The summed E-state index contributed by atoms with van der Waals surface area (Å²) in [7, 11) is 0. The third-order valence-electron chi connectivity index (χ3n) is 3.29. The van der Waals surface area contributed by atoms with Gasteiger partial charge in [0.15, 0.2) is 0 Å². The highest BCUT2D eigenvalue weighted by molar-refractivity contribution is 9.10. The van der Waals surface area contributed by atoms with Gasteiger partial charge in [0.05, 0.1) is 19.8 Å². The number of ether oxygens (including phenoxy) is 1. The fourth-order valence-corrected chi connectivity index (χ4v) is 2.75. The van der Waals surface area contributed by atoms with Gasteiger partial charge in [0.2, 0.25) is 0 Å². The number of rotatable bonds is 1. The molecule has 2 saturated heterocycles. The van der Waals surface area contributed by atoms with Crippen LogP contribution in [-0.4, -0.2) is 19.8 Å². The average molecular weight is 288 g/mol. The molecule has 3 nitrogen and oxygen atoms in total. The van der Waals surface area contributed by atoms with Gasteiger partial charge in [-0.2, -0.15) is 5.48 Å². The summed E-state index contributed by atoms with van der Waals surface area (Å²) in [5.74, 6) is -0.0481. The van der Waals surface area contributed by atoms with E-state index in [1.165, 1.54) is 6.07 Å². The zero-order chi connectivity index (χ0) is 11.2. The summed E-state index contributed by atoms with van der Waals surface area (Å²) in [6, 6.07) is 4.94. The van der Waals surface area contributed by atoms with Gasteiger partial charge in [-0.05, 0) is 18.2 Å². The SMILES string of the molecule is Fc1ccc(Br)cc1[C@]12COC[C@H]1CON2. The van der Waals surface area contributed by atoms with Gasteiger partial charge in [-0.1, -0.05) is 15.9 Å². The standard InChI is InChI=1S/C11H11BrFNO2/c12-8-1-2-10(13)9(3-8)11-6-15-4-7(11)5-16-14-11/h1-3,7,14H,4-6H2/t7-,11-/m0/s1. The van der Waals surface area contributed by atoms with Gasteiger partial charge in [-0.3, -0.25) is 0 Å². The van der Waals surface area contributed by atoms with Crippen LogP contribution in [0.1, 0.15) is 5.56 Å². The van der Waals surface area contributed by atoms with Gasteiger partial charge >= 0.3 is 0 Å². The van der Waals surface area contributed by atoms with Crippen LogP contribution in [0.4, 0.5) is 4.39 Å². The lowest BCUT2D eigenvalue weighted by Gasteiger charge is -2.26. The molecule has 0 amide bonds. The predicted molar refractivity (Wildman–Crippen MR) is 59.2 cm³/mol. The molecule has 1 aromatic carbocycles. The van der Waals surface area contributed by atoms with Crippen molar-refractivity contribution in [1.82, 2.24) is 5.48 Å². The maximum atomic E-state index is 13.9. The molecule has 2 heterocycles. The van der Waals surface area contributed by atoms with Crippen LogP contribution in [-0.2, 0) is 15.1 Å². The van der Waals surface area contributed by atoms with E-state index in [1.54, 1.807) is 12.1 Å². The topological polar surface area (TPSA) is 30.5 Å². The second kappa shape index (κ2) is 3.77. The second-order valence-corrected chi connectivity index (χ2v) is 5.14. The molecule has 5 heteroatoms. The van der Waals surface area contributed by atoms with Crippen molar-refractivity contribution < 1.29 is 14.0 Å². The lowest BCUT2D eigenvalue weighted by molar-refractivity contribution is 0.0242. The van der Waals surface area contributed by atoms with Crippen LogP contribution < -0.4 is 5.48 Å². The minimum atomic E-state index is -0.520. The molecule has 0 saturated carbocycles. The fraction of sp³-hybridized carbons (Fsp3) is 0.455. The maximum Gasteiger partial charge on any atom is 0.128 e. The molecule has 1 N–H and O–H groups in total. The van der Waals surface area contributed by atoms with E-state index in [0.717, 1.165) is 4.47 Å². The second-order valence-electron chi connectivity index (χ2n) is 4.22. The first-order chi connectivity index (χ1) is 7.72. The number of benzene rings is 1. The van der Waals surface area contributed by atoms with E-state index in [2.05, 4.69) is 21.4 Å². The van der Waals surface area contributed by atoms with Crippen molar-refractivity contribution in [3.8, 4) is 0 Å². The molecule has 0 spiro atoms. The smallest absolute Gasteiger partial charge is 0.128 e. The van der Waals surface area contributed by atoms with Gasteiger partial charge in [0.1, 0.15) is 11.4 Å². The zero-order valence-electron chi connectivity index (χ0n) is 8.50. The van der Waals surface area contributed by atoms with Crippen molar-refractivity contribution in [2.75, 3.05) is 19.8 Å². The quantitative estimate of drug-likeness (QED) is 0.857. The van der Waals surface area contributed by atoms with E-state index >= 15 is 0 Å². The van der Waals surface area contributed by atoms with E-state index in [-0.39, 0.29) is 11.7 Å². The Morgan fingerprint density at radius 2 is 2.31 bits per heavy atom. The molecule has 86 valence electrons. The van der Waals surface area contributed by atoms with Gasteiger partial charge in [0.25, 0.3) is 0 Å². The van der Waals surface area contributed by atoms with Crippen LogP contribution in [0.15, 0.2) is 22.7 Å². The van der Waals surface area contributed by atoms with Crippen molar-refractivity contribution in [3.05, 3.63) is 34.1 Å². The van der Waals surface area contributed by atoms with Crippen LogP contribution in [0.2, 0.25) is 0 Å². The molecule has 2 atom stereocenters. The third kappa shape index (κ3) is 1.43. The van der Waals surface area contributed by atoms with E-state index in [0.29, 0.717) is 25.4 Å². The highest BCUT2D eigenvalue weighted by Gasteiger charge is 2.51. The molecule has 16 heavy (non-hydrogen) atoms. The van der Waals surface area contributed by atoms with Crippen molar-refractivity contribution in [3.63, 3.8) is 0 Å². The maximum absolute atomic E-state index is 13.9. The lowest BCUT2D eigenvalue weighted by Crippen LogP contribution is -2.42. The summed E-state index contributed by atoms with van der Waals surface area (Å²) < 4.78 is 20.2. The number of fused-ring (bicyclic) bond motifs is 1. The Morgan fingerprint density at radius 3 is 3.19 bits per heavy atom. The van der Waals surface area contributed by atoms with Crippen LogP contribution in [0.3, 0.4) is 0 Å². The van der Waals surface area contributed by atoms with E-state index in [4.69, 9.17) is 9.57 Å². The number of nitrogens with one attached hydrogen (secondary N) is 1. The highest BCUT2D eigenvalue weighted by Crippen LogP contribution is 2.41. The van der Waals surface area contributed by atoms with Gasteiger partial charge in [0, 0.05) is 16.0 Å². The average Bonchev–Trinajstić information content (AvgIpc) is 2.80. The normalized spacial score (nSPS) is 33.0. The summed E-state index contributed by atoms with van der Waals surface area (Å²) in [4.78, 5) is 5.25. The first kappa shape index (κ1) is 10.7. The monoisotopic (exact) mass is 287 g/mol. The first-order valence-electron chi connectivity index (χ1n) is 5.14. The fourth-order valence-electron chi connectivity index (χ4n) is 2.39. The largest absolute Gasteiger partial charge is 0.379 e. The molecule has 0 unspecified atom stereocenters. The predicted octanol–water partition coefficient (Wildman–Crippen LogP) is 1.96. The Labute approximate surface area is 101 Å². The van der Waals surface area contributed by atoms with E-state index < -0.39 is 5.54 Å². The third-order valence-corrected chi connectivity index (χ3v) is 3.79. The van der Waals surface area contributed by atoms with Crippen LogP contribution >= 0.6 is 15.9 Å². The number of hydrogen-bond donors (Lipinski definition) is 1. The molecule has 0 radical (unpaired) electrons. The van der Waals surface area contributed by atoms with E-state index in [9.17, 15) is 4.39 Å². The Kier molecular flexibility index (Phi) is 2.51. The Bertz CT molecular complexity index is 416. The van der Waals surface area contributed by atoms with Crippen LogP contribution in [0.5, 0.6) is 0 Å². The lowest BCUT2D eigenvalue weighted by atomic mass is 9.82. The molecular formula is C11H11BrFNO2. The number of halogens is 2. The summed E-state index contributed by atoms with van der Waals surface area (Å²) in [5, 5.41) is 0. The van der Waals surface area contributed by atoms with Crippen LogP contribution in [0.25, 0.3) is 0 Å². The molecule has 0 aliphatic carbocycles. The van der Waals surface area contributed by atoms with Gasteiger partial charge < -0.3 is 9.57 Å².